The van der Waals surface area contributed by atoms with Gasteiger partial charge in [-0.2, -0.15) is 0 Å². The third-order valence-electron chi connectivity index (χ3n) is 2.00. The molecule has 82 valence electrons. The van der Waals surface area contributed by atoms with Crippen molar-refractivity contribution in [3.63, 3.8) is 0 Å². The second kappa shape index (κ2) is 6.81. The van der Waals surface area contributed by atoms with E-state index < -0.39 is 0 Å². The zero-order valence-electron chi connectivity index (χ0n) is 8.99. The fourth-order valence-electron chi connectivity index (χ4n) is 1.19. The molecule has 0 aliphatic carbocycles. The van der Waals surface area contributed by atoms with Crippen LogP contribution in [-0.4, -0.2) is 17.6 Å². The number of unbranched alkanes of at least 4 members (excludes halogenated alkanes) is 2. The number of hydrogen-bond donors (Lipinski definition) is 2. The van der Waals surface area contributed by atoms with Crippen LogP contribution in [0.5, 0.6) is 0 Å². The molecule has 0 atom stereocenters. The summed E-state index contributed by atoms with van der Waals surface area (Å²) in [5, 5.41) is 5.52. The first-order valence-corrected chi connectivity index (χ1v) is 5.28. The first-order valence-electron chi connectivity index (χ1n) is 5.28. The molecule has 0 aliphatic heterocycles. The number of carbonyl (C=O) groups excluding carboxylic acids is 1. The Bertz CT molecular complexity index is 287. The number of pyridine rings is 1. The summed E-state index contributed by atoms with van der Waals surface area (Å²) >= 11 is 0. The van der Waals surface area contributed by atoms with E-state index in [0.717, 1.165) is 31.5 Å². The van der Waals surface area contributed by atoms with E-state index in [4.69, 9.17) is 0 Å². The van der Waals surface area contributed by atoms with Crippen LogP contribution in [0.2, 0.25) is 0 Å². The van der Waals surface area contributed by atoms with Crippen LogP contribution >= 0.6 is 0 Å². The van der Waals surface area contributed by atoms with Gasteiger partial charge >= 0.3 is 6.03 Å². The lowest BCUT2D eigenvalue weighted by Crippen LogP contribution is -2.29. The van der Waals surface area contributed by atoms with Gasteiger partial charge in [0.2, 0.25) is 0 Å². The average molecular weight is 207 g/mol. The number of amides is 2. The molecule has 0 aliphatic rings. The van der Waals surface area contributed by atoms with Crippen molar-refractivity contribution in [3.05, 3.63) is 24.5 Å². The average Bonchev–Trinajstić information content (AvgIpc) is 2.26. The highest BCUT2D eigenvalue weighted by atomic mass is 16.2. The van der Waals surface area contributed by atoms with E-state index in [1.165, 1.54) is 0 Å². The van der Waals surface area contributed by atoms with Crippen molar-refractivity contribution in [2.45, 2.75) is 26.2 Å². The summed E-state index contributed by atoms with van der Waals surface area (Å²) in [7, 11) is 0. The minimum atomic E-state index is -0.155. The normalized spacial score (nSPS) is 9.67. The van der Waals surface area contributed by atoms with Gasteiger partial charge in [0.05, 0.1) is 0 Å². The predicted molar refractivity (Wildman–Crippen MR) is 60.8 cm³/mol. The fourth-order valence-corrected chi connectivity index (χ4v) is 1.19. The molecule has 4 nitrogen and oxygen atoms in total. The maximum atomic E-state index is 11.3. The van der Waals surface area contributed by atoms with Crippen LogP contribution in [0.3, 0.4) is 0 Å². The van der Waals surface area contributed by atoms with Crippen LogP contribution in [0.25, 0.3) is 0 Å². The third kappa shape index (κ3) is 5.00. The molecule has 2 amide bonds. The summed E-state index contributed by atoms with van der Waals surface area (Å²) < 4.78 is 0. The van der Waals surface area contributed by atoms with Gasteiger partial charge in [-0.3, -0.25) is 4.98 Å². The SMILES string of the molecule is CCCCCNC(=O)Nc1ccncc1. The molecule has 0 bridgehead atoms. The van der Waals surface area contributed by atoms with Gasteiger partial charge in [-0.15, -0.1) is 0 Å². The Morgan fingerprint density at radius 1 is 1.33 bits per heavy atom. The minimum Gasteiger partial charge on any atom is -0.338 e. The Morgan fingerprint density at radius 2 is 2.07 bits per heavy atom. The topological polar surface area (TPSA) is 54.0 Å². The molecular weight excluding hydrogens is 190 g/mol. The Hall–Kier alpha value is -1.58. The summed E-state index contributed by atoms with van der Waals surface area (Å²) in [5.41, 5.74) is 0.762. The third-order valence-corrected chi connectivity index (χ3v) is 2.00. The van der Waals surface area contributed by atoms with Gasteiger partial charge < -0.3 is 10.6 Å². The maximum absolute atomic E-state index is 11.3. The van der Waals surface area contributed by atoms with Gasteiger partial charge in [0.15, 0.2) is 0 Å². The first kappa shape index (κ1) is 11.5. The summed E-state index contributed by atoms with van der Waals surface area (Å²) in [6.45, 7) is 2.86. The summed E-state index contributed by atoms with van der Waals surface area (Å²) in [6, 6.07) is 3.36. The molecular formula is C11H17N3O. The largest absolute Gasteiger partial charge is 0.338 e. The number of urea groups is 1. The van der Waals surface area contributed by atoms with Gasteiger partial charge in [-0.05, 0) is 18.6 Å². The van der Waals surface area contributed by atoms with Crippen molar-refractivity contribution < 1.29 is 4.79 Å². The molecule has 1 aromatic rings. The van der Waals surface area contributed by atoms with Crippen LogP contribution in [0, 0.1) is 0 Å². The van der Waals surface area contributed by atoms with Crippen LogP contribution in [-0.2, 0) is 0 Å². The lowest BCUT2D eigenvalue weighted by molar-refractivity contribution is 0.252. The van der Waals surface area contributed by atoms with E-state index in [-0.39, 0.29) is 6.03 Å². The van der Waals surface area contributed by atoms with Crippen molar-refractivity contribution in [1.82, 2.24) is 10.3 Å². The van der Waals surface area contributed by atoms with Gasteiger partial charge in [-0.1, -0.05) is 19.8 Å². The van der Waals surface area contributed by atoms with E-state index in [2.05, 4.69) is 22.5 Å². The zero-order chi connectivity index (χ0) is 10.9. The summed E-state index contributed by atoms with van der Waals surface area (Å²) in [5.74, 6) is 0. The van der Waals surface area contributed by atoms with Crippen LogP contribution < -0.4 is 10.6 Å². The molecule has 15 heavy (non-hydrogen) atoms. The number of anilines is 1. The molecule has 1 aromatic heterocycles. The first-order chi connectivity index (χ1) is 7.33. The van der Waals surface area contributed by atoms with E-state index in [9.17, 15) is 4.79 Å². The number of carbonyl (C=O) groups is 1. The van der Waals surface area contributed by atoms with Crippen LogP contribution in [0.15, 0.2) is 24.5 Å². The molecule has 4 heteroatoms. The molecule has 0 saturated heterocycles. The molecule has 0 spiro atoms. The van der Waals surface area contributed by atoms with Gasteiger partial charge in [0.1, 0.15) is 0 Å². The van der Waals surface area contributed by atoms with Crippen molar-refractivity contribution in [2.24, 2.45) is 0 Å². The van der Waals surface area contributed by atoms with E-state index in [1.54, 1.807) is 24.5 Å². The number of nitrogens with one attached hydrogen (secondary N) is 2. The Kier molecular flexibility index (Phi) is 5.22. The zero-order valence-corrected chi connectivity index (χ0v) is 8.99. The van der Waals surface area contributed by atoms with E-state index in [1.807, 2.05) is 0 Å². The highest BCUT2D eigenvalue weighted by molar-refractivity contribution is 5.88. The Morgan fingerprint density at radius 3 is 2.73 bits per heavy atom. The Labute approximate surface area is 90.1 Å². The van der Waals surface area contributed by atoms with E-state index in [0.29, 0.717) is 0 Å². The van der Waals surface area contributed by atoms with Gasteiger partial charge in [0, 0.05) is 24.6 Å². The number of hydrogen-bond acceptors (Lipinski definition) is 2. The van der Waals surface area contributed by atoms with Crippen LogP contribution in [0.1, 0.15) is 26.2 Å². The number of rotatable bonds is 5. The summed E-state index contributed by atoms with van der Waals surface area (Å²) in [4.78, 5) is 15.2. The molecule has 0 aromatic carbocycles. The molecule has 0 saturated carbocycles. The lowest BCUT2D eigenvalue weighted by atomic mass is 10.2. The van der Waals surface area contributed by atoms with Crippen molar-refractivity contribution >= 4 is 11.7 Å². The van der Waals surface area contributed by atoms with Gasteiger partial charge in [0.25, 0.3) is 0 Å². The minimum absolute atomic E-state index is 0.155. The second-order valence-electron chi connectivity index (χ2n) is 3.32. The monoisotopic (exact) mass is 207 g/mol. The molecule has 1 rings (SSSR count). The smallest absolute Gasteiger partial charge is 0.319 e. The number of nitrogens with zero attached hydrogens (tertiary/aromatic N) is 1. The highest BCUT2D eigenvalue weighted by Crippen LogP contribution is 2.02. The quantitative estimate of drug-likeness (QED) is 0.728. The number of aromatic nitrogens is 1. The van der Waals surface area contributed by atoms with Crippen LogP contribution in [0.4, 0.5) is 10.5 Å². The standard InChI is InChI=1S/C11H17N3O/c1-2-3-4-7-13-11(15)14-10-5-8-12-9-6-10/h5-6,8-9H,2-4,7H2,1H3,(H2,12,13,14,15). The molecule has 2 N–H and O–H groups in total. The summed E-state index contributed by atoms with van der Waals surface area (Å²) in [6.07, 6.45) is 6.63. The maximum Gasteiger partial charge on any atom is 0.319 e. The van der Waals surface area contributed by atoms with Crippen molar-refractivity contribution in [3.8, 4) is 0 Å². The fraction of sp³-hybridized carbons (Fsp3) is 0.455. The van der Waals surface area contributed by atoms with E-state index >= 15 is 0 Å². The molecule has 0 unspecified atom stereocenters. The highest BCUT2D eigenvalue weighted by Gasteiger charge is 1.99. The molecule has 1 heterocycles. The second-order valence-corrected chi connectivity index (χ2v) is 3.32. The van der Waals surface area contributed by atoms with Gasteiger partial charge in [-0.25, -0.2) is 4.79 Å². The molecule has 0 radical (unpaired) electrons. The predicted octanol–water partition coefficient (Wildman–Crippen LogP) is 2.39. The van der Waals surface area contributed by atoms with Crippen molar-refractivity contribution in [2.75, 3.05) is 11.9 Å². The molecule has 0 fully saturated rings. The van der Waals surface area contributed by atoms with Crippen molar-refractivity contribution in [1.29, 1.82) is 0 Å². The lowest BCUT2D eigenvalue weighted by Gasteiger charge is -2.06. The Balaban J connectivity index is 2.19.